The Morgan fingerprint density at radius 1 is 1.48 bits per heavy atom. The van der Waals surface area contributed by atoms with E-state index in [2.05, 4.69) is 10.6 Å². The van der Waals surface area contributed by atoms with E-state index >= 15 is 0 Å². The van der Waals surface area contributed by atoms with Crippen LogP contribution >= 0.6 is 12.4 Å². The Labute approximate surface area is 130 Å². The van der Waals surface area contributed by atoms with E-state index in [1.165, 1.54) is 6.07 Å². The molecule has 0 saturated carbocycles. The molecule has 4 N–H and O–H groups in total. The summed E-state index contributed by atoms with van der Waals surface area (Å²) in [5.74, 6) is -0.168. The van der Waals surface area contributed by atoms with Gasteiger partial charge in [-0.2, -0.15) is 0 Å². The molecular formula is C13H20ClN3O3S. The summed E-state index contributed by atoms with van der Waals surface area (Å²) in [4.78, 5) is 12.1. The predicted molar refractivity (Wildman–Crippen MR) is 84.0 cm³/mol. The van der Waals surface area contributed by atoms with Crippen LogP contribution in [-0.4, -0.2) is 27.4 Å². The maximum Gasteiger partial charge on any atom is 0.238 e. The van der Waals surface area contributed by atoms with Gasteiger partial charge in [0.15, 0.2) is 0 Å². The summed E-state index contributed by atoms with van der Waals surface area (Å²) in [5, 5.41) is 11.1. The molecule has 0 aromatic heterocycles. The van der Waals surface area contributed by atoms with E-state index < -0.39 is 10.0 Å². The number of halogens is 1. The number of rotatable bonds is 4. The van der Waals surface area contributed by atoms with E-state index in [1.807, 2.05) is 6.92 Å². The third-order valence-corrected chi connectivity index (χ3v) is 4.45. The molecule has 1 unspecified atom stereocenters. The summed E-state index contributed by atoms with van der Waals surface area (Å²) < 4.78 is 23.1. The van der Waals surface area contributed by atoms with Crippen LogP contribution in [-0.2, 0) is 21.2 Å². The molecule has 1 aromatic carbocycles. The number of anilines is 1. The van der Waals surface area contributed by atoms with Crippen molar-refractivity contribution in [1.29, 1.82) is 0 Å². The monoisotopic (exact) mass is 333 g/mol. The number of aryl methyl sites for hydroxylation is 1. The average Bonchev–Trinajstić information content (AvgIpc) is 2.91. The molecule has 1 saturated heterocycles. The zero-order valence-corrected chi connectivity index (χ0v) is 13.4. The molecule has 0 bridgehead atoms. The Morgan fingerprint density at radius 2 is 2.19 bits per heavy atom. The lowest BCUT2D eigenvalue weighted by Gasteiger charge is -2.12. The van der Waals surface area contributed by atoms with Gasteiger partial charge < -0.3 is 10.6 Å². The van der Waals surface area contributed by atoms with E-state index in [0.717, 1.165) is 13.0 Å². The van der Waals surface area contributed by atoms with Gasteiger partial charge in [0, 0.05) is 12.2 Å². The Hall–Kier alpha value is -1.15. The smallest absolute Gasteiger partial charge is 0.238 e. The van der Waals surface area contributed by atoms with Crippen molar-refractivity contribution in [3.63, 3.8) is 0 Å². The summed E-state index contributed by atoms with van der Waals surface area (Å²) in [6.45, 7) is 3.34. The lowest BCUT2D eigenvalue weighted by atomic mass is 10.1. The zero-order chi connectivity index (χ0) is 14.8. The van der Waals surface area contributed by atoms with E-state index in [-0.39, 0.29) is 29.1 Å². The molecule has 1 heterocycles. The van der Waals surface area contributed by atoms with E-state index in [0.29, 0.717) is 24.2 Å². The Kier molecular flexibility index (Phi) is 6.15. The number of primary sulfonamides is 1. The van der Waals surface area contributed by atoms with Crippen LogP contribution in [0.3, 0.4) is 0 Å². The minimum atomic E-state index is -3.79. The lowest BCUT2D eigenvalue weighted by Crippen LogP contribution is -2.25. The maximum atomic E-state index is 12.0. The molecule has 21 heavy (non-hydrogen) atoms. The fourth-order valence-corrected chi connectivity index (χ4v) is 3.18. The SMILES string of the molecule is CCc1ccc(NC(=O)C2CCNC2)cc1S(N)(=O)=O.Cl. The van der Waals surface area contributed by atoms with E-state index in [9.17, 15) is 13.2 Å². The molecular weight excluding hydrogens is 314 g/mol. The fraction of sp³-hybridized carbons (Fsp3) is 0.462. The molecule has 1 aliphatic heterocycles. The van der Waals surface area contributed by atoms with Crippen molar-refractivity contribution >= 4 is 34.0 Å². The van der Waals surface area contributed by atoms with Gasteiger partial charge in [-0.25, -0.2) is 13.6 Å². The largest absolute Gasteiger partial charge is 0.326 e. The molecule has 1 aromatic rings. The van der Waals surface area contributed by atoms with E-state index in [4.69, 9.17) is 5.14 Å². The van der Waals surface area contributed by atoms with Gasteiger partial charge >= 0.3 is 0 Å². The molecule has 118 valence electrons. The van der Waals surface area contributed by atoms with Crippen molar-refractivity contribution < 1.29 is 13.2 Å². The highest BCUT2D eigenvalue weighted by Gasteiger charge is 2.23. The van der Waals surface area contributed by atoms with Crippen molar-refractivity contribution in [1.82, 2.24) is 5.32 Å². The number of carbonyl (C=O) groups excluding carboxylic acids is 1. The summed E-state index contributed by atoms with van der Waals surface area (Å²) in [6.07, 6.45) is 1.35. The van der Waals surface area contributed by atoms with Crippen LogP contribution < -0.4 is 15.8 Å². The first-order valence-corrected chi connectivity index (χ1v) is 8.13. The molecule has 2 rings (SSSR count). The first-order chi connectivity index (χ1) is 9.41. The van der Waals surface area contributed by atoms with Crippen LogP contribution in [0.2, 0.25) is 0 Å². The number of amides is 1. The lowest BCUT2D eigenvalue weighted by molar-refractivity contribution is -0.119. The quantitative estimate of drug-likeness (QED) is 0.760. The molecule has 1 amide bonds. The van der Waals surface area contributed by atoms with Gasteiger partial charge in [0.05, 0.1) is 10.8 Å². The molecule has 1 atom stereocenters. The highest BCUT2D eigenvalue weighted by molar-refractivity contribution is 7.89. The van der Waals surface area contributed by atoms with Crippen molar-refractivity contribution in [2.24, 2.45) is 11.1 Å². The number of hydrogen-bond acceptors (Lipinski definition) is 4. The molecule has 0 spiro atoms. The van der Waals surface area contributed by atoms with Gasteiger partial charge in [0.25, 0.3) is 0 Å². The normalized spacial score (nSPS) is 18.1. The first-order valence-electron chi connectivity index (χ1n) is 6.59. The second-order valence-electron chi connectivity index (χ2n) is 4.90. The number of hydrogen-bond donors (Lipinski definition) is 3. The number of benzene rings is 1. The zero-order valence-electron chi connectivity index (χ0n) is 11.8. The highest BCUT2D eigenvalue weighted by atomic mass is 35.5. The second-order valence-corrected chi connectivity index (χ2v) is 6.43. The van der Waals surface area contributed by atoms with Crippen LogP contribution in [0.5, 0.6) is 0 Å². The predicted octanol–water partition coefficient (Wildman–Crippen LogP) is 0.866. The van der Waals surface area contributed by atoms with E-state index in [1.54, 1.807) is 12.1 Å². The standard InChI is InChI=1S/C13H19N3O3S.ClH/c1-2-9-3-4-11(7-12(9)20(14,18)19)16-13(17)10-5-6-15-8-10;/h3-4,7,10,15H,2,5-6,8H2,1H3,(H,16,17)(H2,14,18,19);1H. The average molecular weight is 334 g/mol. The number of sulfonamides is 1. The Balaban J connectivity index is 0.00000220. The summed E-state index contributed by atoms with van der Waals surface area (Å²) >= 11 is 0. The molecule has 0 radical (unpaired) electrons. The van der Waals surface area contributed by atoms with Crippen molar-refractivity contribution in [2.45, 2.75) is 24.7 Å². The van der Waals surface area contributed by atoms with Crippen LogP contribution in [0.4, 0.5) is 5.69 Å². The molecule has 0 aliphatic carbocycles. The maximum absolute atomic E-state index is 12.0. The first kappa shape index (κ1) is 17.9. The van der Waals surface area contributed by atoms with Crippen molar-refractivity contribution in [3.05, 3.63) is 23.8 Å². The molecule has 6 nitrogen and oxygen atoms in total. The Morgan fingerprint density at radius 3 is 2.71 bits per heavy atom. The van der Waals surface area contributed by atoms with Crippen LogP contribution in [0.25, 0.3) is 0 Å². The van der Waals surface area contributed by atoms with Crippen molar-refractivity contribution in [2.75, 3.05) is 18.4 Å². The van der Waals surface area contributed by atoms with Crippen LogP contribution in [0, 0.1) is 5.92 Å². The van der Waals surface area contributed by atoms with Gasteiger partial charge in [-0.15, -0.1) is 12.4 Å². The minimum Gasteiger partial charge on any atom is -0.326 e. The highest BCUT2D eigenvalue weighted by Crippen LogP contribution is 2.21. The summed E-state index contributed by atoms with van der Waals surface area (Å²) in [7, 11) is -3.79. The fourth-order valence-electron chi connectivity index (χ4n) is 2.31. The third kappa shape index (κ3) is 4.41. The molecule has 1 fully saturated rings. The molecule has 8 heteroatoms. The Bertz CT molecular complexity index is 613. The summed E-state index contributed by atoms with van der Waals surface area (Å²) in [5.41, 5.74) is 1.11. The van der Waals surface area contributed by atoms with Gasteiger partial charge in [-0.05, 0) is 37.1 Å². The molecule has 1 aliphatic rings. The second kappa shape index (κ2) is 7.22. The minimum absolute atomic E-state index is 0. The third-order valence-electron chi connectivity index (χ3n) is 3.45. The number of carbonyl (C=O) groups is 1. The van der Waals surface area contributed by atoms with Gasteiger partial charge in [0.2, 0.25) is 15.9 Å². The number of nitrogens with two attached hydrogens (primary N) is 1. The van der Waals surface area contributed by atoms with Gasteiger partial charge in [-0.1, -0.05) is 13.0 Å². The van der Waals surface area contributed by atoms with Gasteiger partial charge in [0.1, 0.15) is 0 Å². The van der Waals surface area contributed by atoms with Crippen LogP contribution in [0.1, 0.15) is 18.9 Å². The summed E-state index contributed by atoms with van der Waals surface area (Å²) in [6, 6.07) is 4.81. The van der Waals surface area contributed by atoms with Gasteiger partial charge in [-0.3, -0.25) is 4.79 Å². The topological polar surface area (TPSA) is 101 Å². The van der Waals surface area contributed by atoms with Crippen LogP contribution in [0.15, 0.2) is 23.1 Å². The number of nitrogens with one attached hydrogen (secondary N) is 2. The van der Waals surface area contributed by atoms with Crippen molar-refractivity contribution in [3.8, 4) is 0 Å².